The second-order valence-corrected chi connectivity index (χ2v) is 3.78. The van der Waals surface area contributed by atoms with Crippen LogP contribution in [-0.4, -0.2) is 35.1 Å². The molecule has 13 heavy (non-hydrogen) atoms. The Morgan fingerprint density at radius 3 is 3.00 bits per heavy atom. The molecule has 0 bridgehead atoms. The van der Waals surface area contributed by atoms with Crippen molar-refractivity contribution < 1.29 is 9.90 Å². The van der Waals surface area contributed by atoms with Crippen molar-refractivity contribution in [2.75, 3.05) is 13.1 Å². The normalized spacial score (nSPS) is 23.6. The summed E-state index contributed by atoms with van der Waals surface area (Å²) in [6, 6.07) is 0.309. The molecule has 1 aliphatic rings. The lowest BCUT2D eigenvalue weighted by Gasteiger charge is -2.22. The number of carboxylic acid groups (broad SMARTS) is 1. The minimum absolute atomic E-state index is 0.309. The van der Waals surface area contributed by atoms with Crippen LogP contribution in [0.15, 0.2) is 0 Å². The van der Waals surface area contributed by atoms with E-state index < -0.39 is 5.97 Å². The van der Waals surface area contributed by atoms with Crippen molar-refractivity contribution in [3.05, 3.63) is 0 Å². The van der Waals surface area contributed by atoms with E-state index >= 15 is 0 Å². The van der Waals surface area contributed by atoms with Gasteiger partial charge in [0.2, 0.25) is 0 Å². The van der Waals surface area contributed by atoms with Gasteiger partial charge in [-0.05, 0) is 32.4 Å². The minimum Gasteiger partial charge on any atom is -0.481 e. The van der Waals surface area contributed by atoms with Gasteiger partial charge in [0, 0.05) is 6.04 Å². The first kappa shape index (κ1) is 10.5. The number of unbranched alkanes of at least 4 members (excludes halogenated alkanes) is 1. The highest BCUT2D eigenvalue weighted by atomic mass is 16.4. The Morgan fingerprint density at radius 1 is 1.62 bits per heavy atom. The highest BCUT2D eigenvalue weighted by Crippen LogP contribution is 2.20. The van der Waals surface area contributed by atoms with Crippen LogP contribution in [0, 0.1) is 0 Å². The maximum atomic E-state index is 10.5. The molecule has 0 aromatic heterocycles. The summed E-state index contributed by atoms with van der Waals surface area (Å²) in [4.78, 5) is 12.9. The maximum absolute atomic E-state index is 10.5. The third kappa shape index (κ3) is 3.35. The first-order valence-corrected chi connectivity index (χ1v) is 5.20. The van der Waals surface area contributed by atoms with Gasteiger partial charge in [0.25, 0.3) is 0 Å². The van der Waals surface area contributed by atoms with Crippen LogP contribution in [0.25, 0.3) is 0 Å². The zero-order valence-electron chi connectivity index (χ0n) is 8.33. The molecule has 1 N–H and O–H groups in total. The molecule has 1 aliphatic heterocycles. The smallest absolute Gasteiger partial charge is 0.304 e. The molecule has 0 aliphatic carbocycles. The van der Waals surface area contributed by atoms with Crippen LogP contribution in [0.3, 0.4) is 0 Å². The first-order valence-electron chi connectivity index (χ1n) is 5.20. The van der Waals surface area contributed by atoms with Crippen molar-refractivity contribution in [3.8, 4) is 0 Å². The predicted octanol–water partition coefficient (Wildman–Crippen LogP) is 1.73. The van der Waals surface area contributed by atoms with Gasteiger partial charge < -0.3 is 5.11 Å². The van der Waals surface area contributed by atoms with Gasteiger partial charge in [-0.25, -0.2) is 0 Å². The largest absolute Gasteiger partial charge is 0.481 e. The summed E-state index contributed by atoms with van der Waals surface area (Å²) < 4.78 is 0. The van der Waals surface area contributed by atoms with Crippen molar-refractivity contribution >= 4 is 5.97 Å². The van der Waals surface area contributed by atoms with Gasteiger partial charge >= 0.3 is 5.97 Å². The molecule has 1 fully saturated rings. The fourth-order valence-corrected chi connectivity index (χ4v) is 1.98. The van der Waals surface area contributed by atoms with Gasteiger partial charge in [-0.1, -0.05) is 13.3 Å². The molecule has 1 atom stereocenters. The molecule has 1 heterocycles. The summed E-state index contributed by atoms with van der Waals surface area (Å²) in [7, 11) is 0. The fourth-order valence-electron chi connectivity index (χ4n) is 1.98. The molecule has 76 valence electrons. The van der Waals surface area contributed by atoms with Gasteiger partial charge in [0.05, 0.1) is 6.42 Å². The van der Waals surface area contributed by atoms with E-state index in [2.05, 4.69) is 11.8 Å². The van der Waals surface area contributed by atoms with Crippen LogP contribution in [-0.2, 0) is 4.79 Å². The van der Waals surface area contributed by atoms with E-state index in [1.54, 1.807) is 0 Å². The van der Waals surface area contributed by atoms with E-state index in [1.165, 1.54) is 19.3 Å². The number of likely N-dealkylation sites (tertiary alicyclic amines) is 1. The molecular weight excluding hydrogens is 166 g/mol. The zero-order chi connectivity index (χ0) is 9.68. The fraction of sp³-hybridized carbons (Fsp3) is 0.900. The molecule has 0 spiro atoms. The van der Waals surface area contributed by atoms with E-state index in [0.717, 1.165) is 19.5 Å². The van der Waals surface area contributed by atoms with E-state index in [9.17, 15) is 4.79 Å². The van der Waals surface area contributed by atoms with Crippen LogP contribution < -0.4 is 0 Å². The van der Waals surface area contributed by atoms with E-state index in [0.29, 0.717) is 12.5 Å². The Balaban J connectivity index is 2.30. The van der Waals surface area contributed by atoms with Gasteiger partial charge in [-0.3, -0.25) is 9.69 Å². The van der Waals surface area contributed by atoms with Crippen molar-refractivity contribution in [1.82, 2.24) is 4.90 Å². The molecule has 1 rings (SSSR count). The SMILES string of the molecule is CCCCN1CCC[C@H]1CC(=O)O. The molecule has 0 aromatic rings. The Morgan fingerprint density at radius 2 is 2.38 bits per heavy atom. The summed E-state index contributed by atoms with van der Waals surface area (Å²) in [5, 5.41) is 8.69. The first-order chi connectivity index (χ1) is 6.24. The van der Waals surface area contributed by atoms with Crippen molar-refractivity contribution in [2.45, 2.75) is 45.1 Å². The summed E-state index contributed by atoms with van der Waals surface area (Å²) in [6.45, 7) is 4.34. The predicted molar refractivity (Wildman–Crippen MR) is 51.8 cm³/mol. The van der Waals surface area contributed by atoms with Gasteiger partial charge in [-0.2, -0.15) is 0 Å². The topological polar surface area (TPSA) is 40.5 Å². The van der Waals surface area contributed by atoms with Gasteiger partial charge in [-0.15, -0.1) is 0 Å². The van der Waals surface area contributed by atoms with Crippen LogP contribution in [0.1, 0.15) is 39.0 Å². The second kappa shape index (κ2) is 5.22. The van der Waals surface area contributed by atoms with Crippen molar-refractivity contribution in [3.63, 3.8) is 0 Å². The van der Waals surface area contributed by atoms with Crippen LogP contribution in [0.2, 0.25) is 0 Å². The highest BCUT2D eigenvalue weighted by molar-refractivity contribution is 5.67. The van der Waals surface area contributed by atoms with Crippen molar-refractivity contribution in [1.29, 1.82) is 0 Å². The Kier molecular flexibility index (Phi) is 4.22. The van der Waals surface area contributed by atoms with E-state index in [-0.39, 0.29) is 0 Å². The molecular formula is C10H19NO2. The highest BCUT2D eigenvalue weighted by Gasteiger charge is 2.25. The summed E-state index contributed by atoms with van der Waals surface area (Å²) >= 11 is 0. The lowest BCUT2D eigenvalue weighted by Crippen LogP contribution is -2.32. The quantitative estimate of drug-likeness (QED) is 0.709. The Bertz CT molecular complexity index is 170. The third-order valence-corrected chi connectivity index (χ3v) is 2.71. The molecule has 0 saturated carbocycles. The van der Waals surface area contributed by atoms with Gasteiger partial charge in [0.1, 0.15) is 0 Å². The van der Waals surface area contributed by atoms with E-state index in [1.807, 2.05) is 0 Å². The lowest BCUT2D eigenvalue weighted by atomic mass is 10.1. The molecule has 0 aromatic carbocycles. The van der Waals surface area contributed by atoms with Crippen LogP contribution in [0.5, 0.6) is 0 Å². The molecule has 3 nitrogen and oxygen atoms in total. The summed E-state index contributed by atoms with van der Waals surface area (Å²) in [6.07, 6.45) is 4.94. The van der Waals surface area contributed by atoms with Gasteiger partial charge in [0.15, 0.2) is 0 Å². The average molecular weight is 185 g/mol. The summed E-state index contributed by atoms with van der Waals surface area (Å²) in [5.74, 6) is -0.659. The Labute approximate surface area is 79.7 Å². The molecule has 3 heteroatoms. The van der Waals surface area contributed by atoms with Crippen molar-refractivity contribution in [2.24, 2.45) is 0 Å². The monoisotopic (exact) mass is 185 g/mol. The molecule has 0 amide bonds. The summed E-state index contributed by atoms with van der Waals surface area (Å²) in [5.41, 5.74) is 0. The standard InChI is InChI=1S/C10H19NO2/c1-2-3-6-11-7-4-5-9(11)8-10(12)13/h9H,2-8H2,1H3,(H,12,13)/t9-/m0/s1. The number of nitrogens with zero attached hydrogens (tertiary/aromatic N) is 1. The molecule has 1 saturated heterocycles. The average Bonchev–Trinajstić information content (AvgIpc) is 2.48. The number of rotatable bonds is 5. The van der Waals surface area contributed by atoms with Crippen LogP contribution in [0.4, 0.5) is 0 Å². The molecule has 0 radical (unpaired) electrons. The number of hydrogen-bond acceptors (Lipinski definition) is 2. The third-order valence-electron chi connectivity index (χ3n) is 2.71. The number of hydrogen-bond donors (Lipinski definition) is 1. The number of aliphatic carboxylic acids is 1. The second-order valence-electron chi connectivity index (χ2n) is 3.78. The Hall–Kier alpha value is -0.570. The minimum atomic E-state index is -0.659. The van der Waals surface area contributed by atoms with Crippen LogP contribution >= 0.6 is 0 Å². The lowest BCUT2D eigenvalue weighted by molar-refractivity contribution is -0.138. The molecule has 0 unspecified atom stereocenters. The maximum Gasteiger partial charge on any atom is 0.304 e. The zero-order valence-corrected chi connectivity index (χ0v) is 8.33. The van der Waals surface area contributed by atoms with E-state index in [4.69, 9.17) is 5.11 Å². The number of carbonyl (C=O) groups is 1. The number of carboxylic acids is 1.